The van der Waals surface area contributed by atoms with Crippen molar-refractivity contribution >= 4 is 17.4 Å². The van der Waals surface area contributed by atoms with Crippen LogP contribution < -0.4 is 10.6 Å². The number of nitrogens with two attached hydrogens (primary N) is 1. The van der Waals surface area contributed by atoms with Gasteiger partial charge in [0.2, 0.25) is 11.8 Å². The number of nitrogens with zero attached hydrogens (tertiary/aromatic N) is 2. The number of hydrogen-bond acceptors (Lipinski definition) is 5. The summed E-state index contributed by atoms with van der Waals surface area (Å²) < 4.78 is 5.49. The number of anilines is 1. The van der Waals surface area contributed by atoms with Crippen molar-refractivity contribution in [1.29, 1.82) is 5.26 Å². The molecular weight excluding hydrogens is 366 g/mol. The van der Waals surface area contributed by atoms with E-state index in [0.29, 0.717) is 17.8 Å². The molecule has 0 bridgehead atoms. The lowest BCUT2D eigenvalue weighted by Gasteiger charge is -2.34. The van der Waals surface area contributed by atoms with E-state index in [9.17, 15) is 14.9 Å². The van der Waals surface area contributed by atoms with Gasteiger partial charge in [-0.1, -0.05) is 48.5 Å². The molecule has 2 aliphatic heterocycles. The standard InChI is InChI=1S/C23H19N3O3/c1-14(27)20-15(2)29-21(25)18(12-24)23(20)17-10-6-7-11-19(17)26(22(23)28)13-16-8-4-3-5-9-16/h3-11H,13,25H2,1-2H3/t23-/m1/s1. The Labute approximate surface area is 168 Å². The Bertz CT molecular complexity index is 1140. The number of ether oxygens (including phenoxy) is 1. The molecule has 0 saturated heterocycles. The molecule has 2 N–H and O–H groups in total. The first-order valence-corrected chi connectivity index (χ1v) is 9.18. The second-order valence-electron chi connectivity index (χ2n) is 7.08. The lowest BCUT2D eigenvalue weighted by Crippen LogP contribution is -2.47. The van der Waals surface area contributed by atoms with Crippen molar-refractivity contribution < 1.29 is 14.3 Å². The topological polar surface area (TPSA) is 96.4 Å². The number of rotatable bonds is 3. The number of Topliss-reactive ketones (excluding diaryl/α,β-unsaturated/α-hetero) is 1. The third kappa shape index (κ3) is 2.48. The zero-order valence-corrected chi connectivity index (χ0v) is 16.1. The number of hydrogen-bond donors (Lipinski definition) is 1. The highest BCUT2D eigenvalue weighted by Crippen LogP contribution is 2.54. The van der Waals surface area contributed by atoms with Gasteiger partial charge in [0.25, 0.3) is 0 Å². The second kappa shape index (κ2) is 6.64. The third-order valence-electron chi connectivity index (χ3n) is 5.42. The zero-order valence-electron chi connectivity index (χ0n) is 16.1. The number of nitriles is 1. The van der Waals surface area contributed by atoms with Gasteiger partial charge in [-0.05, 0) is 25.5 Å². The first kappa shape index (κ1) is 18.5. The van der Waals surface area contributed by atoms with Crippen LogP contribution >= 0.6 is 0 Å². The minimum atomic E-state index is -1.60. The largest absolute Gasteiger partial charge is 0.445 e. The molecule has 29 heavy (non-hydrogen) atoms. The average Bonchev–Trinajstić information content (AvgIpc) is 2.92. The molecule has 1 spiro atoms. The number of ketones is 1. The summed E-state index contributed by atoms with van der Waals surface area (Å²) in [4.78, 5) is 28.2. The fourth-order valence-corrected chi connectivity index (χ4v) is 4.35. The van der Waals surface area contributed by atoms with Crippen molar-refractivity contribution in [2.24, 2.45) is 5.73 Å². The van der Waals surface area contributed by atoms with Crippen molar-refractivity contribution in [1.82, 2.24) is 0 Å². The van der Waals surface area contributed by atoms with Gasteiger partial charge in [-0.3, -0.25) is 9.59 Å². The van der Waals surface area contributed by atoms with Gasteiger partial charge in [0.1, 0.15) is 22.8 Å². The van der Waals surface area contributed by atoms with E-state index >= 15 is 0 Å². The van der Waals surface area contributed by atoms with Crippen LogP contribution in [0.25, 0.3) is 0 Å². The van der Waals surface area contributed by atoms with Crippen LogP contribution in [0.1, 0.15) is 25.0 Å². The zero-order chi connectivity index (χ0) is 20.8. The van der Waals surface area contributed by atoms with E-state index in [1.807, 2.05) is 48.5 Å². The molecule has 1 atom stereocenters. The fraction of sp³-hybridized carbons (Fsp3) is 0.174. The molecule has 144 valence electrons. The minimum Gasteiger partial charge on any atom is -0.445 e. The summed E-state index contributed by atoms with van der Waals surface area (Å²) in [6.45, 7) is 3.27. The Hall–Kier alpha value is -3.85. The SMILES string of the molecule is CC(=O)C1=C(C)OC(N)=C(C#N)[C@@]12C(=O)N(Cc1ccccc1)c1ccccc12. The summed E-state index contributed by atoms with van der Waals surface area (Å²) in [5.74, 6) is -0.638. The van der Waals surface area contributed by atoms with E-state index in [2.05, 4.69) is 0 Å². The van der Waals surface area contributed by atoms with E-state index < -0.39 is 5.41 Å². The Morgan fingerprint density at radius 3 is 2.48 bits per heavy atom. The van der Waals surface area contributed by atoms with Gasteiger partial charge < -0.3 is 15.4 Å². The van der Waals surface area contributed by atoms with Crippen LogP contribution in [-0.2, 0) is 26.3 Å². The van der Waals surface area contributed by atoms with Gasteiger partial charge in [0.15, 0.2) is 5.78 Å². The van der Waals surface area contributed by atoms with Crippen molar-refractivity contribution in [3.63, 3.8) is 0 Å². The number of carbonyl (C=O) groups excluding carboxylic acids is 2. The first-order chi connectivity index (χ1) is 13.9. The van der Waals surface area contributed by atoms with Crippen LogP contribution in [-0.4, -0.2) is 11.7 Å². The lowest BCUT2D eigenvalue weighted by molar-refractivity contribution is -0.123. The third-order valence-corrected chi connectivity index (χ3v) is 5.42. The normalized spacial score (nSPS) is 20.6. The predicted molar refractivity (Wildman–Crippen MR) is 107 cm³/mol. The van der Waals surface area contributed by atoms with Gasteiger partial charge in [-0.2, -0.15) is 5.26 Å². The molecule has 6 nitrogen and oxygen atoms in total. The van der Waals surface area contributed by atoms with Crippen molar-refractivity contribution in [3.05, 3.63) is 88.5 Å². The van der Waals surface area contributed by atoms with Crippen LogP contribution in [0.5, 0.6) is 0 Å². The molecule has 2 heterocycles. The molecule has 0 radical (unpaired) electrons. The number of benzene rings is 2. The maximum absolute atomic E-state index is 14.0. The Kier molecular flexibility index (Phi) is 4.24. The summed E-state index contributed by atoms with van der Waals surface area (Å²) in [5.41, 5.74) is 6.67. The molecular formula is C23H19N3O3. The lowest BCUT2D eigenvalue weighted by atomic mass is 9.67. The smallest absolute Gasteiger partial charge is 0.248 e. The molecule has 0 unspecified atom stereocenters. The van der Waals surface area contributed by atoms with Crippen LogP contribution in [0.15, 0.2) is 77.4 Å². The predicted octanol–water partition coefficient (Wildman–Crippen LogP) is 3.06. The van der Waals surface area contributed by atoms with E-state index in [4.69, 9.17) is 10.5 Å². The summed E-state index contributed by atoms with van der Waals surface area (Å²) in [7, 11) is 0. The molecule has 0 aromatic heterocycles. The Morgan fingerprint density at radius 1 is 1.17 bits per heavy atom. The van der Waals surface area contributed by atoms with Crippen LogP contribution in [0.4, 0.5) is 5.69 Å². The van der Waals surface area contributed by atoms with Crippen molar-refractivity contribution in [2.45, 2.75) is 25.8 Å². The minimum absolute atomic E-state index is 0.0543. The number of fused-ring (bicyclic) bond motifs is 2. The highest BCUT2D eigenvalue weighted by Gasteiger charge is 2.60. The number of amides is 1. The summed E-state index contributed by atoms with van der Waals surface area (Å²) in [6, 6.07) is 18.8. The summed E-state index contributed by atoms with van der Waals surface area (Å²) >= 11 is 0. The van der Waals surface area contributed by atoms with Gasteiger partial charge in [-0.15, -0.1) is 0 Å². The van der Waals surface area contributed by atoms with Crippen LogP contribution in [0.2, 0.25) is 0 Å². The number of allylic oxidation sites excluding steroid dienone is 1. The summed E-state index contributed by atoms with van der Waals surface area (Å²) in [5, 5.41) is 9.92. The maximum Gasteiger partial charge on any atom is 0.248 e. The van der Waals surface area contributed by atoms with E-state index in [-0.39, 0.29) is 34.5 Å². The molecule has 2 aliphatic rings. The van der Waals surface area contributed by atoms with Gasteiger partial charge in [0, 0.05) is 11.3 Å². The first-order valence-electron chi connectivity index (χ1n) is 9.18. The highest BCUT2D eigenvalue weighted by molar-refractivity contribution is 6.19. The van der Waals surface area contributed by atoms with Gasteiger partial charge in [0.05, 0.1) is 12.1 Å². The quantitative estimate of drug-likeness (QED) is 0.876. The number of carbonyl (C=O) groups is 2. The van der Waals surface area contributed by atoms with Gasteiger partial charge in [-0.25, -0.2) is 0 Å². The number of para-hydroxylation sites is 1. The highest BCUT2D eigenvalue weighted by atomic mass is 16.5. The van der Waals surface area contributed by atoms with E-state index in [0.717, 1.165) is 5.56 Å². The molecule has 0 saturated carbocycles. The van der Waals surface area contributed by atoms with Crippen molar-refractivity contribution in [2.75, 3.05) is 4.90 Å². The van der Waals surface area contributed by atoms with Crippen LogP contribution in [0.3, 0.4) is 0 Å². The Morgan fingerprint density at radius 2 is 1.83 bits per heavy atom. The molecule has 0 fully saturated rings. The summed E-state index contributed by atoms with van der Waals surface area (Å²) in [6.07, 6.45) is 0. The Balaban J connectivity index is 2.02. The molecule has 1 amide bonds. The molecule has 4 rings (SSSR count). The molecule has 2 aromatic rings. The van der Waals surface area contributed by atoms with Crippen LogP contribution in [0, 0.1) is 11.3 Å². The fourth-order valence-electron chi connectivity index (χ4n) is 4.35. The van der Waals surface area contributed by atoms with E-state index in [1.54, 1.807) is 24.0 Å². The van der Waals surface area contributed by atoms with Gasteiger partial charge >= 0.3 is 0 Å². The molecule has 0 aliphatic carbocycles. The maximum atomic E-state index is 14.0. The molecule has 2 aromatic carbocycles. The monoisotopic (exact) mass is 385 g/mol. The average molecular weight is 385 g/mol. The second-order valence-corrected chi connectivity index (χ2v) is 7.08. The van der Waals surface area contributed by atoms with E-state index in [1.165, 1.54) is 6.92 Å². The molecule has 6 heteroatoms. The van der Waals surface area contributed by atoms with Crippen molar-refractivity contribution in [3.8, 4) is 6.07 Å².